The van der Waals surface area contributed by atoms with E-state index in [0.717, 1.165) is 37.3 Å². The molecule has 1 fully saturated rings. The fourth-order valence-electron chi connectivity index (χ4n) is 4.76. The molecule has 6 nitrogen and oxygen atoms in total. The normalized spacial score (nSPS) is 22.9. The Labute approximate surface area is 167 Å². The van der Waals surface area contributed by atoms with E-state index >= 15 is 0 Å². The van der Waals surface area contributed by atoms with Crippen LogP contribution in [0.1, 0.15) is 50.4 Å². The van der Waals surface area contributed by atoms with E-state index in [9.17, 15) is 9.59 Å². The van der Waals surface area contributed by atoms with Crippen LogP contribution in [0.2, 0.25) is 0 Å². The van der Waals surface area contributed by atoms with Gasteiger partial charge in [-0.25, -0.2) is 0 Å². The van der Waals surface area contributed by atoms with Gasteiger partial charge in [0.25, 0.3) is 0 Å². The smallest absolute Gasteiger partial charge is 0.229 e. The lowest BCUT2D eigenvalue weighted by Crippen LogP contribution is -3.13. The maximum absolute atomic E-state index is 13.1. The molecule has 1 aliphatic carbocycles. The lowest BCUT2D eigenvalue weighted by atomic mass is 9.87. The molecule has 3 aromatic rings. The van der Waals surface area contributed by atoms with Gasteiger partial charge in [-0.3, -0.25) is 14.5 Å². The third-order valence-electron chi connectivity index (χ3n) is 6.17. The fraction of sp³-hybridized carbons (Fsp3) is 0.304. The molecule has 146 valence electrons. The highest BCUT2D eigenvalue weighted by atomic mass is 16.5. The minimum absolute atomic E-state index is 0.142. The number of ketones is 2. The van der Waals surface area contributed by atoms with Crippen LogP contribution in [0.3, 0.4) is 0 Å². The van der Waals surface area contributed by atoms with Crippen molar-refractivity contribution in [3.05, 3.63) is 64.4 Å². The molecule has 1 unspecified atom stereocenters. The summed E-state index contributed by atoms with van der Waals surface area (Å²) in [4.78, 5) is 27.4. The second kappa shape index (κ2) is 6.27. The second-order valence-corrected chi connectivity index (χ2v) is 7.98. The van der Waals surface area contributed by atoms with Gasteiger partial charge in [0.05, 0.1) is 11.1 Å². The number of ether oxygens (including phenoxy) is 2. The Morgan fingerprint density at radius 2 is 1.86 bits per heavy atom. The van der Waals surface area contributed by atoms with E-state index in [4.69, 9.17) is 13.9 Å². The fourth-order valence-corrected chi connectivity index (χ4v) is 4.76. The van der Waals surface area contributed by atoms with Crippen molar-refractivity contribution in [2.45, 2.75) is 25.5 Å². The molecule has 3 heterocycles. The molecule has 2 aromatic carbocycles. The van der Waals surface area contributed by atoms with Crippen molar-refractivity contribution in [1.29, 1.82) is 0 Å². The van der Waals surface area contributed by atoms with Gasteiger partial charge in [0.1, 0.15) is 30.5 Å². The number of quaternary nitrogens is 1. The van der Waals surface area contributed by atoms with E-state index in [0.29, 0.717) is 40.9 Å². The average Bonchev–Trinajstić information content (AvgIpc) is 3.40. The van der Waals surface area contributed by atoms with Crippen LogP contribution >= 0.6 is 0 Å². The number of carbonyl (C=O) groups excluding carboxylic acids is 2. The van der Waals surface area contributed by atoms with E-state index in [2.05, 4.69) is 0 Å². The van der Waals surface area contributed by atoms with Crippen LogP contribution in [0.25, 0.3) is 11.0 Å². The van der Waals surface area contributed by atoms with Crippen molar-refractivity contribution in [2.75, 3.05) is 19.9 Å². The van der Waals surface area contributed by atoms with Crippen LogP contribution in [0.15, 0.2) is 40.8 Å². The molecular formula is C23H20NO5+. The number of hydrogen-bond acceptors (Lipinski definition) is 5. The molecule has 2 aliphatic heterocycles. The topological polar surface area (TPSA) is 70.2 Å². The van der Waals surface area contributed by atoms with Crippen LogP contribution in [0.4, 0.5) is 0 Å². The third kappa shape index (κ3) is 2.49. The predicted molar refractivity (Wildman–Crippen MR) is 104 cm³/mol. The first-order valence-electron chi connectivity index (χ1n) is 10.1. The molecule has 3 aliphatic rings. The highest BCUT2D eigenvalue weighted by Crippen LogP contribution is 2.39. The minimum Gasteiger partial charge on any atom is -0.451 e. The molecule has 6 rings (SSSR count). The summed E-state index contributed by atoms with van der Waals surface area (Å²) in [6.07, 6.45) is 2.45. The van der Waals surface area contributed by atoms with Gasteiger partial charge in [-0.2, -0.15) is 0 Å². The number of rotatable bonds is 2. The first-order valence-corrected chi connectivity index (χ1v) is 10.1. The van der Waals surface area contributed by atoms with Crippen molar-refractivity contribution in [3.63, 3.8) is 0 Å². The summed E-state index contributed by atoms with van der Waals surface area (Å²) in [6.45, 7) is 2.99. The Kier molecular flexibility index (Phi) is 3.66. The number of furan rings is 1. The number of hydrogen-bond donors (Lipinski definition) is 1. The van der Waals surface area contributed by atoms with Gasteiger partial charge in [0.15, 0.2) is 11.5 Å². The first-order chi connectivity index (χ1) is 14.2. The van der Waals surface area contributed by atoms with Crippen molar-refractivity contribution < 1.29 is 28.4 Å². The Hall–Kier alpha value is -2.96. The zero-order valence-electron chi connectivity index (χ0n) is 15.8. The van der Waals surface area contributed by atoms with Gasteiger partial charge < -0.3 is 13.9 Å². The first kappa shape index (κ1) is 16.9. The summed E-state index contributed by atoms with van der Waals surface area (Å²) in [5, 5.41) is 0.688. The highest BCUT2D eigenvalue weighted by molar-refractivity contribution is 6.31. The average molecular weight is 390 g/mol. The van der Waals surface area contributed by atoms with Crippen LogP contribution in [0, 0.1) is 0 Å². The van der Waals surface area contributed by atoms with E-state index in [1.807, 2.05) is 12.1 Å². The van der Waals surface area contributed by atoms with Crippen molar-refractivity contribution in [1.82, 2.24) is 0 Å². The van der Waals surface area contributed by atoms with Gasteiger partial charge in [-0.05, 0) is 25.0 Å². The predicted octanol–water partition coefficient (Wildman–Crippen LogP) is 2.12. The summed E-state index contributed by atoms with van der Waals surface area (Å²) < 4.78 is 17.8. The Bertz CT molecular complexity index is 1170. The molecule has 0 radical (unpaired) electrons. The maximum atomic E-state index is 13.1. The van der Waals surface area contributed by atoms with Gasteiger partial charge in [-0.15, -0.1) is 0 Å². The number of benzene rings is 2. The van der Waals surface area contributed by atoms with E-state index in [1.54, 1.807) is 24.3 Å². The molecule has 0 spiro atoms. The number of carbonyl (C=O) groups is 2. The molecule has 0 amide bonds. The summed E-state index contributed by atoms with van der Waals surface area (Å²) in [7, 11) is 0. The molecule has 1 saturated heterocycles. The van der Waals surface area contributed by atoms with Crippen LogP contribution in [-0.4, -0.2) is 37.6 Å². The van der Waals surface area contributed by atoms with Gasteiger partial charge in [0.2, 0.25) is 12.5 Å². The van der Waals surface area contributed by atoms with E-state index < -0.39 is 0 Å². The minimum atomic E-state index is -0.236. The maximum Gasteiger partial charge on any atom is 0.229 e. The Balaban J connectivity index is 1.44. The lowest BCUT2D eigenvalue weighted by Gasteiger charge is -2.27. The van der Waals surface area contributed by atoms with Crippen molar-refractivity contribution >= 4 is 22.5 Å². The summed E-state index contributed by atoms with van der Waals surface area (Å²) in [5.41, 5.74) is 2.72. The molecule has 6 heteroatoms. The molecule has 0 bridgehead atoms. The zero-order valence-corrected chi connectivity index (χ0v) is 15.8. The van der Waals surface area contributed by atoms with Crippen molar-refractivity contribution in [3.8, 4) is 5.75 Å². The lowest BCUT2D eigenvalue weighted by molar-refractivity contribution is -0.935. The molecule has 29 heavy (non-hydrogen) atoms. The van der Waals surface area contributed by atoms with Gasteiger partial charge in [0, 0.05) is 23.1 Å². The van der Waals surface area contributed by atoms with Gasteiger partial charge >= 0.3 is 0 Å². The second-order valence-electron chi connectivity index (χ2n) is 7.98. The highest BCUT2D eigenvalue weighted by Gasteiger charge is 2.37. The molecule has 1 aromatic heterocycles. The SMILES string of the molecule is O=C1c2ccccc2C(=O)c2c1oc1c3c(ccc21)OC[NH+](C[C@@H]1CCCO1)C3. The van der Waals surface area contributed by atoms with Gasteiger partial charge in [-0.1, -0.05) is 24.3 Å². The molecule has 1 N–H and O–H groups in total. The summed E-state index contributed by atoms with van der Waals surface area (Å²) in [6, 6.07) is 10.6. The van der Waals surface area contributed by atoms with Crippen LogP contribution in [-0.2, 0) is 11.3 Å². The summed E-state index contributed by atoms with van der Waals surface area (Å²) >= 11 is 0. The Morgan fingerprint density at radius 1 is 1.03 bits per heavy atom. The van der Waals surface area contributed by atoms with Crippen LogP contribution in [0.5, 0.6) is 5.75 Å². The van der Waals surface area contributed by atoms with Crippen molar-refractivity contribution in [2.24, 2.45) is 0 Å². The van der Waals surface area contributed by atoms with E-state index in [1.165, 1.54) is 4.90 Å². The molecular weight excluding hydrogens is 370 g/mol. The molecule has 0 saturated carbocycles. The summed E-state index contributed by atoms with van der Waals surface area (Å²) in [5.74, 6) is 0.509. The monoisotopic (exact) mass is 390 g/mol. The Morgan fingerprint density at radius 3 is 2.66 bits per heavy atom. The van der Waals surface area contributed by atoms with Crippen LogP contribution < -0.4 is 9.64 Å². The van der Waals surface area contributed by atoms with E-state index in [-0.39, 0.29) is 23.4 Å². The zero-order chi connectivity index (χ0) is 19.5. The number of nitrogens with one attached hydrogen (secondary N) is 1. The largest absolute Gasteiger partial charge is 0.451 e. The number of fused-ring (bicyclic) bond motifs is 6. The quantitative estimate of drug-likeness (QED) is 0.568. The molecule has 2 atom stereocenters. The standard InChI is InChI=1S/C23H19NO5/c25-20-14-5-1-2-6-15(14)21(26)23-19(20)16-7-8-18-17(22(16)29-23)11-24(12-28-18)10-13-4-3-9-27-13/h1-2,5-8,13H,3-4,9-12H2/p+1/t13-/m0/s1. The third-order valence-corrected chi connectivity index (χ3v) is 6.17.